The summed E-state index contributed by atoms with van der Waals surface area (Å²) < 4.78 is 5.45. The zero-order valence-electron chi connectivity index (χ0n) is 11.4. The first kappa shape index (κ1) is 13.7. The maximum atomic E-state index is 5.45. The number of nitrogens with zero attached hydrogens (tertiary/aromatic N) is 3. The summed E-state index contributed by atoms with van der Waals surface area (Å²) in [5.74, 6) is 0. The maximum absolute atomic E-state index is 5.45. The number of nitrogens with one attached hydrogen (secondary N) is 1. The molecule has 5 heteroatoms. The number of hydrogen-bond donors (Lipinski definition) is 1. The van der Waals surface area contributed by atoms with E-state index in [1.165, 1.54) is 0 Å². The van der Waals surface area contributed by atoms with Gasteiger partial charge in [-0.2, -0.15) is 15.0 Å². The van der Waals surface area contributed by atoms with Gasteiger partial charge in [0.05, 0.1) is 23.7 Å². The summed E-state index contributed by atoms with van der Waals surface area (Å²) in [5, 5.41) is 12.0. The van der Waals surface area contributed by atoms with E-state index in [0.29, 0.717) is 6.54 Å². The molecule has 0 saturated heterocycles. The monoisotopic (exact) mass is 260 g/mol. The van der Waals surface area contributed by atoms with Gasteiger partial charge >= 0.3 is 0 Å². The fourth-order valence-electron chi connectivity index (χ4n) is 1.81. The summed E-state index contributed by atoms with van der Waals surface area (Å²) in [6.45, 7) is 6.31. The van der Waals surface area contributed by atoms with Gasteiger partial charge < -0.3 is 10.1 Å². The SMILES string of the molecule is CCOC(C)CNCc1cnn(-c2ccccc2)n1. The molecule has 0 fully saturated rings. The number of hydrogen-bond acceptors (Lipinski definition) is 4. The van der Waals surface area contributed by atoms with Crippen molar-refractivity contribution in [1.29, 1.82) is 0 Å². The van der Waals surface area contributed by atoms with Crippen LogP contribution in [0.15, 0.2) is 36.5 Å². The lowest BCUT2D eigenvalue weighted by Crippen LogP contribution is -2.26. The van der Waals surface area contributed by atoms with Gasteiger partial charge in [0.2, 0.25) is 0 Å². The van der Waals surface area contributed by atoms with Crippen LogP contribution in [0.4, 0.5) is 0 Å². The Kier molecular flexibility index (Phi) is 5.06. The highest BCUT2D eigenvalue weighted by Crippen LogP contribution is 2.04. The molecule has 0 aliphatic rings. The lowest BCUT2D eigenvalue weighted by atomic mass is 10.3. The molecule has 102 valence electrons. The van der Waals surface area contributed by atoms with Crippen LogP contribution < -0.4 is 5.32 Å². The van der Waals surface area contributed by atoms with Gasteiger partial charge in [0.25, 0.3) is 0 Å². The molecule has 2 rings (SSSR count). The van der Waals surface area contributed by atoms with Crippen LogP contribution in [-0.2, 0) is 11.3 Å². The predicted molar refractivity (Wildman–Crippen MR) is 74.2 cm³/mol. The summed E-state index contributed by atoms with van der Waals surface area (Å²) in [6.07, 6.45) is 2.00. The number of aromatic nitrogens is 3. The molecular formula is C14H20N4O. The van der Waals surface area contributed by atoms with Crippen molar-refractivity contribution in [3.05, 3.63) is 42.2 Å². The highest BCUT2D eigenvalue weighted by atomic mass is 16.5. The van der Waals surface area contributed by atoms with E-state index in [2.05, 4.69) is 22.4 Å². The van der Waals surface area contributed by atoms with E-state index in [4.69, 9.17) is 4.74 Å². The van der Waals surface area contributed by atoms with E-state index in [1.54, 1.807) is 11.0 Å². The second-order valence-electron chi connectivity index (χ2n) is 4.36. The quantitative estimate of drug-likeness (QED) is 0.824. The van der Waals surface area contributed by atoms with E-state index in [9.17, 15) is 0 Å². The van der Waals surface area contributed by atoms with E-state index in [-0.39, 0.29) is 6.10 Å². The number of para-hydroxylation sites is 1. The molecule has 19 heavy (non-hydrogen) atoms. The predicted octanol–water partition coefficient (Wildman–Crippen LogP) is 1.78. The van der Waals surface area contributed by atoms with Crippen LogP contribution in [0.1, 0.15) is 19.5 Å². The van der Waals surface area contributed by atoms with Gasteiger partial charge in [0.15, 0.2) is 0 Å². The molecule has 1 aromatic carbocycles. The molecule has 0 aliphatic heterocycles. The average molecular weight is 260 g/mol. The Labute approximate surface area is 113 Å². The lowest BCUT2D eigenvalue weighted by molar-refractivity contribution is 0.0759. The van der Waals surface area contributed by atoms with Crippen LogP contribution in [0.25, 0.3) is 5.69 Å². The summed E-state index contributed by atoms with van der Waals surface area (Å²) in [6, 6.07) is 9.88. The fourth-order valence-corrected chi connectivity index (χ4v) is 1.81. The number of ether oxygens (including phenoxy) is 1. The van der Waals surface area contributed by atoms with Crippen molar-refractivity contribution >= 4 is 0 Å². The average Bonchev–Trinajstić information content (AvgIpc) is 2.89. The third-order valence-corrected chi connectivity index (χ3v) is 2.72. The van der Waals surface area contributed by atoms with E-state index in [0.717, 1.165) is 24.5 Å². The second kappa shape index (κ2) is 7.01. The largest absolute Gasteiger partial charge is 0.377 e. The Bertz CT molecular complexity index is 483. The molecule has 1 unspecified atom stereocenters. The van der Waals surface area contributed by atoms with E-state index < -0.39 is 0 Å². The topological polar surface area (TPSA) is 52.0 Å². The minimum Gasteiger partial charge on any atom is -0.377 e. The summed E-state index contributed by atoms with van der Waals surface area (Å²) in [4.78, 5) is 1.64. The summed E-state index contributed by atoms with van der Waals surface area (Å²) in [7, 11) is 0. The number of rotatable bonds is 7. The Morgan fingerprint density at radius 1 is 1.32 bits per heavy atom. The molecule has 5 nitrogen and oxygen atoms in total. The van der Waals surface area contributed by atoms with Crippen molar-refractivity contribution in [1.82, 2.24) is 20.3 Å². The van der Waals surface area contributed by atoms with Gasteiger partial charge in [0, 0.05) is 19.7 Å². The molecule has 0 amide bonds. The Balaban J connectivity index is 1.85. The van der Waals surface area contributed by atoms with Crippen LogP contribution >= 0.6 is 0 Å². The first-order chi connectivity index (χ1) is 9.29. The highest BCUT2D eigenvalue weighted by Gasteiger charge is 2.04. The maximum Gasteiger partial charge on any atom is 0.0969 e. The molecule has 1 heterocycles. The zero-order valence-corrected chi connectivity index (χ0v) is 11.4. The molecule has 0 saturated carbocycles. The van der Waals surface area contributed by atoms with Gasteiger partial charge in [-0.05, 0) is 26.0 Å². The first-order valence-electron chi connectivity index (χ1n) is 6.58. The fraction of sp³-hybridized carbons (Fsp3) is 0.429. The lowest BCUT2D eigenvalue weighted by Gasteiger charge is -2.11. The molecule has 1 N–H and O–H groups in total. The van der Waals surface area contributed by atoms with Gasteiger partial charge in [-0.25, -0.2) is 0 Å². The molecule has 1 aromatic heterocycles. The van der Waals surface area contributed by atoms with Gasteiger partial charge in [-0.15, -0.1) is 0 Å². The van der Waals surface area contributed by atoms with Crippen LogP contribution in [0.2, 0.25) is 0 Å². The van der Waals surface area contributed by atoms with Gasteiger partial charge in [-0.1, -0.05) is 18.2 Å². The molecule has 0 bridgehead atoms. The van der Waals surface area contributed by atoms with Gasteiger partial charge in [0.1, 0.15) is 0 Å². The van der Waals surface area contributed by atoms with Crippen molar-refractivity contribution < 1.29 is 4.74 Å². The standard InChI is InChI=1S/C14H20N4O/c1-3-19-12(2)9-15-10-13-11-16-18(17-13)14-7-5-4-6-8-14/h4-8,11-12,15H,3,9-10H2,1-2H3. The van der Waals surface area contributed by atoms with E-state index in [1.807, 2.05) is 37.3 Å². The molecular weight excluding hydrogens is 240 g/mol. The van der Waals surface area contributed by atoms with Crippen molar-refractivity contribution in [3.63, 3.8) is 0 Å². The summed E-state index contributed by atoms with van der Waals surface area (Å²) in [5.41, 5.74) is 1.89. The van der Waals surface area contributed by atoms with Crippen molar-refractivity contribution in [2.75, 3.05) is 13.2 Å². The van der Waals surface area contributed by atoms with Crippen molar-refractivity contribution in [2.24, 2.45) is 0 Å². The molecule has 0 radical (unpaired) electrons. The second-order valence-corrected chi connectivity index (χ2v) is 4.36. The first-order valence-corrected chi connectivity index (χ1v) is 6.58. The van der Waals surface area contributed by atoms with Crippen molar-refractivity contribution in [2.45, 2.75) is 26.5 Å². The minimum atomic E-state index is 0.217. The van der Waals surface area contributed by atoms with E-state index >= 15 is 0 Å². The molecule has 0 aliphatic carbocycles. The van der Waals surface area contributed by atoms with Crippen LogP contribution in [0.3, 0.4) is 0 Å². The normalized spacial score (nSPS) is 12.5. The highest BCUT2D eigenvalue weighted by molar-refractivity contribution is 5.28. The van der Waals surface area contributed by atoms with Crippen LogP contribution in [-0.4, -0.2) is 34.2 Å². The van der Waals surface area contributed by atoms with Gasteiger partial charge in [-0.3, -0.25) is 0 Å². The molecule has 1 atom stereocenters. The van der Waals surface area contributed by atoms with Crippen LogP contribution in [0.5, 0.6) is 0 Å². The Hall–Kier alpha value is -1.72. The Morgan fingerprint density at radius 3 is 2.84 bits per heavy atom. The molecule has 0 spiro atoms. The summed E-state index contributed by atoms with van der Waals surface area (Å²) >= 11 is 0. The zero-order chi connectivity index (χ0) is 13.5. The van der Waals surface area contributed by atoms with Crippen molar-refractivity contribution in [3.8, 4) is 5.69 Å². The smallest absolute Gasteiger partial charge is 0.0969 e. The third kappa shape index (κ3) is 4.15. The Morgan fingerprint density at radius 2 is 2.11 bits per heavy atom. The number of benzene rings is 1. The minimum absolute atomic E-state index is 0.217. The molecule has 2 aromatic rings. The van der Waals surface area contributed by atoms with Crippen LogP contribution in [0, 0.1) is 0 Å². The third-order valence-electron chi connectivity index (χ3n) is 2.72.